The van der Waals surface area contributed by atoms with Crippen molar-refractivity contribution in [3.05, 3.63) is 59.7 Å². The average Bonchev–Trinajstić information content (AvgIpc) is 3.59. The van der Waals surface area contributed by atoms with Crippen molar-refractivity contribution in [1.29, 1.82) is 0 Å². The van der Waals surface area contributed by atoms with Gasteiger partial charge in [-0.05, 0) is 65.4 Å². The minimum atomic E-state index is -1.12. The molecule has 4 rings (SSSR count). The Kier molecular flexibility index (Phi) is 5.56. The van der Waals surface area contributed by atoms with Crippen molar-refractivity contribution in [1.82, 2.24) is 10.8 Å². The van der Waals surface area contributed by atoms with Crippen LogP contribution in [0.3, 0.4) is 0 Å². The van der Waals surface area contributed by atoms with Crippen LogP contribution in [-0.4, -0.2) is 39.9 Å². The van der Waals surface area contributed by atoms with Crippen molar-refractivity contribution < 1.29 is 10.0 Å². The fourth-order valence-corrected chi connectivity index (χ4v) is 5.82. The number of carbonyl (C=O) groups excluding carboxylic acids is 1. The number of rotatable bonds is 6. The van der Waals surface area contributed by atoms with E-state index in [1.165, 1.54) is 29.5 Å². The molecule has 0 atom stereocenters. The van der Waals surface area contributed by atoms with Gasteiger partial charge in [0.05, 0.1) is 0 Å². The summed E-state index contributed by atoms with van der Waals surface area (Å²) < 4.78 is 0. The molecule has 2 aliphatic rings. The first-order chi connectivity index (χ1) is 13.9. The number of hydrogen-bond acceptors (Lipinski definition) is 3. The Morgan fingerprint density at radius 3 is 2.07 bits per heavy atom. The van der Waals surface area contributed by atoms with Crippen LogP contribution >= 0.6 is 9.21 Å². The van der Waals surface area contributed by atoms with Crippen LogP contribution in [0.1, 0.15) is 42.7 Å². The molecule has 1 aliphatic carbocycles. The highest BCUT2D eigenvalue weighted by atomic mass is 32.2. The molecule has 0 bridgehead atoms. The molecule has 154 valence electrons. The minimum absolute atomic E-state index is 0.361. The zero-order chi connectivity index (χ0) is 20.5. The summed E-state index contributed by atoms with van der Waals surface area (Å²) in [5.41, 5.74) is 6.08. The molecule has 2 aromatic rings. The van der Waals surface area contributed by atoms with Gasteiger partial charge < -0.3 is 0 Å². The van der Waals surface area contributed by atoms with Crippen LogP contribution in [0.4, 0.5) is 0 Å². The van der Waals surface area contributed by atoms with Gasteiger partial charge in [0.2, 0.25) is 0 Å². The van der Waals surface area contributed by atoms with Gasteiger partial charge in [-0.1, -0.05) is 60.3 Å². The van der Waals surface area contributed by atoms with Crippen LogP contribution < -0.4 is 10.8 Å². The zero-order valence-electron chi connectivity index (χ0n) is 16.8. The second-order valence-corrected chi connectivity index (χ2v) is 11.9. The molecule has 1 saturated heterocycles. The number of hydroxylamine groups is 1. The molecule has 5 heteroatoms. The van der Waals surface area contributed by atoms with E-state index >= 15 is 0 Å². The van der Waals surface area contributed by atoms with Gasteiger partial charge in [-0.2, -0.15) is 0 Å². The third kappa shape index (κ3) is 4.58. The standard InChI is InChI=1S/C24H30N2O2S/c1-29(2)15-13-24(14-16-29,23(27)26-28)25-17-18-3-5-19(6-4-18)20-7-9-21(10-8-20)22-11-12-22/h3-10,22,25,28H,1-2,11-17H2,(H,26,27). The summed E-state index contributed by atoms with van der Waals surface area (Å²) in [6.07, 6.45) is 3.94. The van der Waals surface area contributed by atoms with Crippen molar-refractivity contribution in [3.8, 4) is 11.1 Å². The van der Waals surface area contributed by atoms with Gasteiger partial charge in [0.25, 0.3) is 5.91 Å². The van der Waals surface area contributed by atoms with E-state index in [-0.39, 0.29) is 5.91 Å². The predicted octanol–water partition coefficient (Wildman–Crippen LogP) is 4.03. The largest absolute Gasteiger partial charge is 0.299 e. The Morgan fingerprint density at radius 1 is 1.00 bits per heavy atom. The summed E-state index contributed by atoms with van der Waals surface area (Å²) in [6.45, 7) is 0.574. The molecule has 0 aromatic heterocycles. The van der Waals surface area contributed by atoms with E-state index in [4.69, 9.17) is 0 Å². The van der Waals surface area contributed by atoms with E-state index in [2.05, 4.69) is 65.6 Å². The summed E-state index contributed by atoms with van der Waals surface area (Å²) in [6, 6.07) is 17.4. The number of benzene rings is 2. The van der Waals surface area contributed by atoms with E-state index < -0.39 is 14.7 Å². The van der Waals surface area contributed by atoms with Gasteiger partial charge in [-0.3, -0.25) is 15.3 Å². The first kappa shape index (κ1) is 20.2. The maximum absolute atomic E-state index is 12.4. The molecule has 1 saturated carbocycles. The molecule has 0 spiro atoms. The monoisotopic (exact) mass is 410 g/mol. The van der Waals surface area contributed by atoms with E-state index in [0.29, 0.717) is 19.4 Å². The molecule has 29 heavy (non-hydrogen) atoms. The smallest absolute Gasteiger partial charge is 0.263 e. The van der Waals surface area contributed by atoms with Gasteiger partial charge in [-0.15, -0.1) is 0 Å². The average molecular weight is 411 g/mol. The maximum atomic E-state index is 12.4. The molecule has 0 unspecified atom stereocenters. The summed E-state index contributed by atoms with van der Waals surface area (Å²) in [7, 11) is -1.12. The molecular weight excluding hydrogens is 380 g/mol. The maximum Gasteiger partial charge on any atom is 0.263 e. The molecule has 4 nitrogen and oxygen atoms in total. The van der Waals surface area contributed by atoms with Gasteiger partial charge in [0.15, 0.2) is 0 Å². The fourth-order valence-electron chi connectivity index (χ4n) is 4.05. The minimum Gasteiger partial charge on any atom is -0.299 e. The number of nitrogens with one attached hydrogen (secondary N) is 2. The van der Waals surface area contributed by atoms with Crippen molar-refractivity contribution in [2.45, 2.75) is 43.7 Å². The summed E-state index contributed by atoms with van der Waals surface area (Å²) in [5.74, 6) is 10.5. The molecule has 1 aliphatic heterocycles. The molecule has 1 amide bonds. The summed E-state index contributed by atoms with van der Waals surface area (Å²) >= 11 is 0. The molecule has 1 heterocycles. The Labute approximate surface area is 173 Å². The van der Waals surface area contributed by atoms with Crippen molar-refractivity contribution >= 4 is 26.9 Å². The molecule has 2 aromatic carbocycles. The molecule has 3 N–H and O–H groups in total. The highest BCUT2D eigenvalue weighted by Gasteiger charge is 2.40. The lowest BCUT2D eigenvalue weighted by Crippen LogP contribution is -2.58. The van der Waals surface area contributed by atoms with Crippen molar-refractivity contribution in [2.24, 2.45) is 0 Å². The third-order valence-corrected chi connectivity index (χ3v) is 8.48. The lowest BCUT2D eigenvalue weighted by Gasteiger charge is -2.39. The van der Waals surface area contributed by atoms with Crippen LogP contribution in [0.15, 0.2) is 48.5 Å². The number of carbonyl (C=O) groups is 1. The lowest BCUT2D eigenvalue weighted by atomic mass is 9.91. The zero-order valence-corrected chi connectivity index (χ0v) is 17.6. The number of amides is 1. The van der Waals surface area contributed by atoms with Crippen LogP contribution in [0.25, 0.3) is 11.1 Å². The molecule has 2 fully saturated rings. The van der Waals surface area contributed by atoms with E-state index in [9.17, 15) is 10.0 Å². The Morgan fingerprint density at radius 2 is 1.55 bits per heavy atom. The SMILES string of the molecule is C=S1(=C)CCC(NCc2ccc(-c3ccc(C4CC4)cc3)cc2)(C(=O)NO)CC1. The summed E-state index contributed by atoms with van der Waals surface area (Å²) in [5, 5.41) is 12.6. The summed E-state index contributed by atoms with van der Waals surface area (Å²) in [4.78, 5) is 12.4. The van der Waals surface area contributed by atoms with Crippen LogP contribution in [0, 0.1) is 0 Å². The Bertz CT molecular complexity index is 961. The van der Waals surface area contributed by atoms with Crippen LogP contribution in [0.2, 0.25) is 0 Å². The second-order valence-electron chi connectivity index (χ2n) is 8.60. The van der Waals surface area contributed by atoms with E-state index in [0.717, 1.165) is 23.0 Å². The first-order valence-corrected chi connectivity index (χ1v) is 12.6. The highest BCUT2D eigenvalue weighted by molar-refractivity contribution is 8.27. The fraction of sp³-hybridized carbons (Fsp3) is 0.375. The lowest BCUT2D eigenvalue weighted by molar-refractivity contribution is -0.136. The van der Waals surface area contributed by atoms with Crippen LogP contribution in [0.5, 0.6) is 0 Å². The molecular formula is C24H30N2O2S. The van der Waals surface area contributed by atoms with E-state index in [1.807, 2.05) is 5.48 Å². The third-order valence-electron chi connectivity index (χ3n) is 6.34. The normalized spacial score (nSPS) is 20.2. The highest BCUT2D eigenvalue weighted by Crippen LogP contribution is 2.40. The Hall–Kier alpha value is -2.08. The van der Waals surface area contributed by atoms with E-state index in [1.54, 1.807) is 0 Å². The van der Waals surface area contributed by atoms with Gasteiger partial charge >= 0.3 is 0 Å². The topological polar surface area (TPSA) is 61.4 Å². The van der Waals surface area contributed by atoms with Gasteiger partial charge in [0, 0.05) is 6.54 Å². The van der Waals surface area contributed by atoms with Crippen molar-refractivity contribution in [3.63, 3.8) is 0 Å². The molecule has 0 radical (unpaired) electrons. The van der Waals surface area contributed by atoms with Gasteiger partial charge in [0.1, 0.15) is 5.54 Å². The first-order valence-electron chi connectivity index (χ1n) is 10.2. The van der Waals surface area contributed by atoms with Gasteiger partial charge in [-0.25, -0.2) is 14.7 Å². The van der Waals surface area contributed by atoms with Crippen molar-refractivity contribution in [2.75, 3.05) is 11.5 Å². The second kappa shape index (κ2) is 7.98. The predicted molar refractivity (Wildman–Crippen MR) is 124 cm³/mol. The number of hydrogen-bond donors (Lipinski definition) is 3. The quantitative estimate of drug-likeness (QED) is 0.383. The Balaban J connectivity index is 1.42. The van der Waals surface area contributed by atoms with Crippen LogP contribution in [-0.2, 0) is 11.3 Å².